The number of benzene rings is 2. The van der Waals surface area contributed by atoms with Crippen molar-refractivity contribution < 1.29 is 20.1 Å². The monoisotopic (exact) mass is 425 g/mol. The summed E-state index contributed by atoms with van der Waals surface area (Å²) in [6.45, 7) is 12.3. The average Bonchev–Trinajstić information content (AvgIpc) is 3.10. The van der Waals surface area contributed by atoms with Gasteiger partial charge < -0.3 is 19.9 Å². The lowest BCUT2D eigenvalue weighted by atomic mass is 10.0. The van der Waals surface area contributed by atoms with Crippen LogP contribution in [0.5, 0.6) is 0 Å². The van der Waals surface area contributed by atoms with Crippen molar-refractivity contribution in [1.29, 1.82) is 0 Å². The molecular formula is C26H35NO4. The number of rotatable bonds is 7. The highest BCUT2D eigenvalue weighted by Crippen LogP contribution is 2.37. The zero-order valence-corrected chi connectivity index (χ0v) is 19.0. The molecule has 0 fully saturated rings. The molecule has 2 aromatic carbocycles. The summed E-state index contributed by atoms with van der Waals surface area (Å²) in [5.41, 5.74) is 5.01. The van der Waals surface area contributed by atoms with E-state index in [0.717, 1.165) is 0 Å². The first-order chi connectivity index (χ1) is 14.9. The third kappa shape index (κ3) is 7.09. The minimum absolute atomic E-state index is 0.131. The van der Waals surface area contributed by atoms with Gasteiger partial charge in [0.2, 0.25) is 0 Å². The number of aromatic nitrogens is 1. The summed E-state index contributed by atoms with van der Waals surface area (Å²) in [7, 11) is 0. The molecule has 3 N–H and O–H groups in total. The number of carbonyl (C=O) groups is 1. The molecule has 5 nitrogen and oxygen atoms in total. The molecule has 0 aliphatic rings. The molecule has 0 bridgehead atoms. The quantitative estimate of drug-likeness (QED) is 0.449. The van der Waals surface area contributed by atoms with E-state index in [1.54, 1.807) is 0 Å². The number of hydrogen-bond donors (Lipinski definition) is 3. The smallest absolute Gasteiger partial charge is 0.305 e. The molecule has 1 heterocycles. The summed E-state index contributed by atoms with van der Waals surface area (Å²) >= 11 is 0. The van der Waals surface area contributed by atoms with Gasteiger partial charge in [-0.25, -0.2) is 0 Å². The minimum Gasteiger partial charge on any atom is -0.481 e. The van der Waals surface area contributed by atoms with Crippen molar-refractivity contribution in [1.82, 2.24) is 4.57 Å². The van der Waals surface area contributed by atoms with Gasteiger partial charge in [0.25, 0.3) is 0 Å². The molecule has 0 saturated carbocycles. The number of hydrogen-bond acceptors (Lipinski definition) is 3. The Morgan fingerprint density at radius 3 is 2.16 bits per heavy atom. The first-order valence-corrected chi connectivity index (χ1v) is 10.7. The summed E-state index contributed by atoms with van der Waals surface area (Å²) in [4.78, 5) is 9.84. The number of para-hydroxylation sites is 1. The normalized spacial score (nSPS) is 11.2. The Labute approximate surface area is 185 Å². The Hall–Kier alpha value is -2.89. The number of nitrogens with zero attached hydrogens (tertiary/aromatic N) is 1. The maximum absolute atomic E-state index is 9.84. The van der Waals surface area contributed by atoms with Crippen LogP contribution in [-0.4, -0.2) is 38.6 Å². The second kappa shape index (κ2) is 13.4. The fourth-order valence-electron chi connectivity index (χ4n) is 3.40. The summed E-state index contributed by atoms with van der Waals surface area (Å²) in [6, 6.07) is 19.6. The van der Waals surface area contributed by atoms with E-state index in [1.165, 1.54) is 27.7 Å². The van der Waals surface area contributed by atoms with Gasteiger partial charge in [0.15, 0.2) is 0 Å². The highest BCUT2D eigenvalue weighted by atomic mass is 16.4. The maximum Gasteiger partial charge on any atom is 0.305 e. The number of fused-ring (bicyclic) bond motifs is 1. The average molecular weight is 426 g/mol. The molecule has 0 spiro atoms. The molecule has 3 aromatic rings. The lowest BCUT2D eigenvalue weighted by molar-refractivity contribution is -0.139. The Kier molecular flexibility index (Phi) is 11.3. The standard InChI is InChI=1S/C19H19N.C5H10O4.C2H6/c1-4-17-19(15-10-6-5-7-11-15)16-12-8-9-13-18(16)20(17)14(2)3;6-2-1-4(7)3-5(8)9;1-2/h4-14H,1H2,2-3H3;4,6-7H,1-3H2,(H,8,9);1-2H3. The van der Waals surface area contributed by atoms with Gasteiger partial charge in [-0.3, -0.25) is 4.79 Å². The van der Waals surface area contributed by atoms with Crippen LogP contribution in [0.2, 0.25) is 0 Å². The van der Waals surface area contributed by atoms with Gasteiger partial charge in [-0.2, -0.15) is 0 Å². The fraction of sp³-hybridized carbons (Fsp3) is 0.346. The Morgan fingerprint density at radius 1 is 1.06 bits per heavy atom. The first-order valence-electron chi connectivity index (χ1n) is 10.7. The van der Waals surface area contributed by atoms with Gasteiger partial charge in [0.05, 0.1) is 12.5 Å². The molecule has 0 aliphatic heterocycles. The zero-order valence-electron chi connectivity index (χ0n) is 19.0. The molecule has 0 aliphatic carbocycles. The van der Waals surface area contributed by atoms with Gasteiger partial charge >= 0.3 is 5.97 Å². The van der Waals surface area contributed by atoms with E-state index in [1.807, 2.05) is 19.9 Å². The van der Waals surface area contributed by atoms with E-state index in [2.05, 4.69) is 79.6 Å². The SMILES string of the molecule is C=Cc1c(-c2ccccc2)c2ccccc2n1C(C)C.CC.O=C(O)CC(O)CCO. The van der Waals surface area contributed by atoms with Crippen LogP contribution in [0, 0.1) is 0 Å². The summed E-state index contributed by atoms with van der Waals surface area (Å²) < 4.78 is 2.37. The topological polar surface area (TPSA) is 82.7 Å². The molecule has 1 unspecified atom stereocenters. The van der Waals surface area contributed by atoms with Gasteiger partial charge in [0, 0.05) is 34.8 Å². The van der Waals surface area contributed by atoms with Crippen LogP contribution < -0.4 is 0 Å². The van der Waals surface area contributed by atoms with Crippen LogP contribution in [0.1, 0.15) is 52.3 Å². The lowest BCUT2D eigenvalue weighted by Gasteiger charge is -2.13. The third-order valence-corrected chi connectivity index (χ3v) is 4.59. The summed E-state index contributed by atoms with van der Waals surface area (Å²) in [5.74, 6) is -1.05. The Morgan fingerprint density at radius 2 is 1.65 bits per heavy atom. The van der Waals surface area contributed by atoms with E-state index < -0.39 is 12.1 Å². The molecular weight excluding hydrogens is 390 g/mol. The van der Waals surface area contributed by atoms with Crippen molar-refractivity contribution in [2.75, 3.05) is 6.61 Å². The second-order valence-corrected chi connectivity index (χ2v) is 7.08. The molecule has 0 saturated heterocycles. The Balaban J connectivity index is 0.000000372. The van der Waals surface area contributed by atoms with Crippen molar-refractivity contribution in [3.05, 3.63) is 66.9 Å². The highest BCUT2D eigenvalue weighted by Gasteiger charge is 2.17. The van der Waals surface area contributed by atoms with Crippen LogP contribution in [0.4, 0.5) is 0 Å². The lowest BCUT2D eigenvalue weighted by Crippen LogP contribution is -2.13. The number of aliphatic hydroxyl groups excluding tert-OH is 2. The number of aliphatic hydroxyl groups is 2. The van der Waals surface area contributed by atoms with Gasteiger partial charge in [-0.05, 0) is 38.0 Å². The van der Waals surface area contributed by atoms with E-state index in [4.69, 9.17) is 15.3 Å². The summed E-state index contributed by atoms with van der Waals surface area (Å²) in [5, 5.41) is 26.2. The molecule has 0 radical (unpaired) electrons. The largest absolute Gasteiger partial charge is 0.481 e. The first kappa shape index (κ1) is 26.1. The highest BCUT2D eigenvalue weighted by molar-refractivity contribution is 6.00. The van der Waals surface area contributed by atoms with E-state index in [0.29, 0.717) is 6.04 Å². The van der Waals surface area contributed by atoms with Gasteiger partial charge in [-0.1, -0.05) is 69.0 Å². The fourth-order valence-corrected chi connectivity index (χ4v) is 3.40. The molecule has 3 rings (SSSR count). The number of aliphatic carboxylic acids is 1. The van der Waals surface area contributed by atoms with Gasteiger partial charge in [-0.15, -0.1) is 0 Å². The predicted octanol–water partition coefficient (Wildman–Crippen LogP) is 5.76. The second-order valence-electron chi connectivity index (χ2n) is 7.08. The molecule has 1 aromatic heterocycles. The van der Waals surface area contributed by atoms with E-state index >= 15 is 0 Å². The van der Waals surface area contributed by atoms with Crippen LogP contribution in [-0.2, 0) is 4.79 Å². The minimum atomic E-state index is -1.05. The van der Waals surface area contributed by atoms with Crippen molar-refractivity contribution in [2.45, 2.75) is 52.7 Å². The molecule has 168 valence electrons. The molecule has 0 amide bonds. The van der Waals surface area contributed by atoms with E-state index in [-0.39, 0.29) is 19.4 Å². The van der Waals surface area contributed by atoms with Crippen molar-refractivity contribution in [3.8, 4) is 11.1 Å². The predicted molar refractivity (Wildman–Crippen MR) is 129 cm³/mol. The maximum atomic E-state index is 9.84. The van der Waals surface area contributed by atoms with Crippen LogP contribution in [0.15, 0.2) is 61.2 Å². The van der Waals surface area contributed by atoms with Crippen molar-refractivity contribution in [3.63, 3.8) is 0 Å². The van der Waals surface area contributed by atoms with Crippen LogP contribution >= 0.6 is 0 Å². The molecule has 1 atom stereocenters. The number of carboxylic acids is 1. The van der Waals surface area contributed by atoms with Crippen molar-refractivity contribution >= 4 is 22.9 Å². The van der Waals surface area contributed by atoms with Crippen LogP contribution in [0.3, 0.4) is 0 Å². The molecule has 5 heteroatoms. The number of carboxylic acid groups (broad SMARTS) is 1. The summed E-state index contributed by atoms with van der Waals surface area (Å²) in [6.07, 6.45) is 0.905. The molecule has 31 heavy (non-hydrogen) atoms. The Bertz CT molecular complexity index is 945. The van der Waals surface area contributed by atoms with E-state index in [9.17, 15) is 4.79 Å². The van der Waals surface area contributed by atoms with Gasteiger partial charge in [0.1, 0.15) is 0 Å². The zero-order chi connectivity index (χ0) is 23.4. The third-order valence-electron chi connectivity index (χ3n) is 4.59. The van der Waals surface area contributed by atoms with Crippen LogP contribution in [0.25, 0.3) is 28.1 Å². The van der Waals surface area contributed by atoms with Crippen molar-refractivity contribution in [2.24, 2.45) is 0 Å².